The second-order valence-electron chi connectivity index (χ2n) is 4.51. The number of rotatable bonds is 4. The molecule has 0 bridgehead atoms. The van der Waals surface area contributed by atoms with Gasteiger partial charge < -0.3 is 11.1 Å². The lowest BCUT2D eigenvalue weighted by Gasteiger charge is -2.20. The summed E-state index contributed by atoms with van der Waals surface area (Å²) in [5.41, 5.74) is 5.47. The topological polar surface area (TPSA) is 55.1 Å². The van der Waals surface area contributed by atoms with Crippen molar-refractivity contribution in [2.45, 2.75) is 32.9 Å². The molecule has 0 saturated heterocycles. The average Bonchev–Trinajstić information content (AvgIpc) is 2.27. The molecule has 1 amide bonds. The van der Waals surface area contributed by atoms with Crippen LogP contribution in [-0.4, -0.2) is 11.9 Å². The smallest absolute Gasteiger partial charge is 0.224 e. The Morgan fingerprint density at radius 1 is 1.21 bits per heavy atom. The van der Waals surface area contributed by atoms with Gasteiger partial charge in [-0.2, -0.15) is 0 Å². The van der Waals surface area contributed by atoms with Gasteiger partial charge in [0.2, 0.25) is 5.91 Å². The van der Waals surface area contributed by atoms with Crippen LogP contribution in [0.15, 0.2) is 18.2 Å². The summed E-state index contributed by atoms with van der Waals surface area (Å²) in [5.74, 6) is -2.07. The van der Waals surface area contributed by atoms with Crippen LogP contribution in [0.1, 0.15) is 32.4 Å². The highest BCUT2D eigenvalue weighted by atomic mass is 35.5. The van der Waals surface area contributed by atoms with E-state index in [1.807, 2.05) is 0 Å². The van der Waals surface area contributed by atoms with Gasteiger partial charge in [0.25, 0.3) is 0 Å². The molecule has 0 saturated carbocycles. The van der Waals surface area contributed by atoms with Crippen LogP contribution in [0, 0.1) is 17.6 Å². The third-order valence-electron chi connectivity index (χ3n) is 2.99. The van der Waals surface area contributed by atoms with Crippen molar-refractivity contribution in [1.29, 1.82) is 0 Å². The predicted molar refractivity (Wildman–Crippen MR) is 73.0 cm³/mol. The first kappa shape index (κ1) is 17.8. The molecule has 0 radical (unpaired) electrons. The molecule has 1 aromatic carbocycles. The van der Waals surface area contributed by atoms with Gasteiger partial charge in [-0.25, -0.2) is 8.78 Å². The molecule has 3 unspecified atom stereocenters. The molecule has 3 atom stereocenters. The average molecular weight is 293 g/mol. The highest BCUT2D eigenvalue weighted by Crippen LogP contribution is 2.20. The van der Waals surface area contributed by atoms with E-state index < -0.39 is 23.6 Å². The number of amides is 1. The van der Waals surface area contributed by atoms with Crippen molar-refractivity contribution in [3.8, 4) is 0 Å². The Labute approximate surface area is 118 Å². The van der Waals surface area contributed by atoms with Crippen molar-refractivity contribution in [2.24, 2.45) is 11.7 Å². The van der Waals surface area contributed by atoms with Crippen LogP contribution in [-0.2, 0) is 4.79 Å². The summed E-state index contributed by atoms with van der Waals surface area (Å²) < 4.78 is 27.0. The Morgan fingerprint density at radius 3 is 2.11 bits per heavy atom. The zero-order chi connectivity index (χ0) is 13.9. The van der Waals surface area contributed by atoms with Crippen molar-refractivity contribution < 1.29 is 13.6 Å². The summed E-state index contributed by atoms with van der Waals surface area (Å²) >= 11 is 0. The third-order valence-corrected chi connectivity index (χ3v) is 2.99. The Morgan fingerprint density at radius 2 is 1.68 bits per heavy atom. The quantitative estimate of drug-likeness (QED) is 0.896. The van der Waals surface area contributed by atoms with Crippen molar-refractivity contribution in [3.63, 3.8) is 0 Å². The van der Waals surface area contributed by atoms with Gasteiger partial charge in [-0.1, -0.05) is 13.0 Å². The number of hydrogen-bond donors (Lipinski definition) is 2. The third kappa shape index (κ3) is 4.44. The Bertz CT molecular complexity index is 420. The van der Waals surface area contributed by atoms with E-state index in [2.05, 4.69) is 5.32 Å². The second-order valence-corrected chi connectivity index (χ2v) is 4.51. The normalized spacial score (nSPS) is 15.1. The first-order valence-corrected chi connectivity index (χ1v) is 5.84. The fourth-order valence-corrected chi connectivity index (χ4v) is 1.58. The van der Waals surface area contributed by atoms with E-state index in [4.69, 9.17) is 5.73 Å². The standard InChI is InChI=1S/C13H18F2N2O.ClH/c1-7(8(2)16)13(18)17-9(3)12-10(14)5-4-6-11(12)15;/h4-9H,16H2,1-3H3,(H,17,18);1H. The van der Waals surface area contributed by atoms with Gasteiger partial charge in [0, 0.05) is 17.5 Å². The largest absolute Gasteiger partial charge is 0.349 e. The van der Waals surface area contributed by atoms with Gasteiger partial charge >= 0.3 is 0 Å². The molecular formula is C13H19ClF2N2O. The lowest BCUT2D eigenvalue weighted by atomic mass is 10.0. The van der Waals surface area contributed by atoms with E-state index in [1.165, 1.54) is 13.0 Å². The maximum absolute atomic E-state index is 13.5. The number of hydrogen-bond acceptors (Lipinski definition) is 2. The van der Waals surface area contributed by atoms with E-state index >= 15 is 0 Å². The van der Waals surface area contributed by atoms with E-state index in [9.17, 15) is 13.6 Å². The molecule has 1 rings (SSSR count). The number of halogens is 3. The summed E-state index contributed by atoms with van der Waals surface area (Å²) in [5, 5.41) is 2.56. The molecule has 0 aromatic heterocycles. The maximum Gasteiger partial charge on any atom is 0.224 e. The highest BCUT2D eigenvalue weighted by molar-refractivity contribution is 5.85. The Balaban J connectivity index is 0.00000324. The summed E-state index contributed by atoms with van der Waals surface area (Å²) in [4.78, 5) is 11.8. The van der Waals surface area contributed by atoms with E-state index in [1.54, 1.807) is 13.8 Å². The fourth-order valence-electron chi connectivity index (χ4n) is 1.58. The summed E-state index contributed by atoms with van der Waals surface area (Å²) in [6, 6.07) is 2.56. The molecule has 0 heterocycles. The van der Waals surface area contributed by atoms with Crippen LogP contribution >= 0.6 is 12.4 Å². The SMILES string of the molecule is CC(NC(=O)C(C)C(C)N)c1c(F)cccc1F.Cl. The fraction of sp³-hybridized carbons (Fsp3) is 0.462. The number of benzene rings is 1. The molecule has 0 aliphatic rings. The van der Waals surface area contributed by atoms with Crippen LogP contribution in [0.4, 0.5) is 8.78 Å². The minimum Gasteiger partial charge on any atom is -0.349 e. The van der Waals surface area contributed by atoms with Crippen LogP contribution in [0.3, 0.4) is 0 Å². The minimum absolute atomic E-state index is 0. The van der Waals surface area contributed by atoms with Crippen molar-refractivity contribution in [2.75, 3.05) is 0 Å². The zero-order valence-corrected chi connectivity index (χ0v) is 11.9. The van der Waals surface area contributed by atoms with Crippen LogP contribution < -0.4 is 11.1 Å². The van der Waals surface area contributed by atoms with Gasteiger partial charge in [-0.15, -0.1) is 12.4 Å². The molecule has 108 valence electrons. The first-order chi connectivity index (χ1) is 8.34. The second kappa shape index (κ2) is 7.40. The summed E-state index contributed by atoms with van der Waals surface area (Å²) in [6.45, 7) is 4.91. The van der Waals surface area contributed by atoms with Gasteiger partial charge in [-0.3, -0.25) is 4.79 Å². The van der Waals surface area contributed by atoms with Gasteiger partial charge in [0.1, 0.15) is 11.6 Å². The molecule has 3 nitrogen and oxygen atoms in total. The van der Waals surface area contributed by atoms with Crippen LogP contribution in [0.5, 0.6) is 0 Å². The van der Waals surface area contributed by atoms with Crippen LogP contribution in [0.2, 0.25) is 0 Å². The van der Waals surface area contributed by atoms with E-state index in [-0.39, 0.29) is 29.9 Å². The molecule has 3 N–H and O–H groups in total. The number of carbonyl (C=O) groups excluding carboxylic acids is 1. The minimum atomic E-state index is -0.736. The monoisotopic (exact) mass is 292 g/mol. The molecule has 1 aromatic rings. The van der Waals surface area contributed by atoms with E-state index in [0.29, 0.717) is 0 Å². The molecule has 6 heteroatoms. The molecule has 19 heavy (non-hydrogen) atoms. The van der Waals surface area contributed by atoms with E-state index in [0.717, 1.165) is 12.1 Å². The molecule has 0 aliphatic carbocycles. The Hall–Kier alpha value is -1.20. The highest BCUT2D eigenvalue weighted by Gasteiger charge is 2.22. The zero-order valence-electron chi connectivity index (χ0n) is 11.1. The first-order valence-electron chi connectivity index (χ1n) is 5.84. The summed E-state index contributed by atoms with van der Waals surface area (Å²) in [6.07, 6.45) is 0. The van der Waals surface area contributed by atoms with Gasteiger partial charge in [0.15, 0.2) is 0 Å². The van der Waals surface area contributed by atoms with Crippen LogP contribution in [0.25, 0.3) is 0 Å². The molecule has 0 spiro atoms. The maximum atomic E-state index is 13.5. The lowest BCUT2D eigenvalue weighted by molar-refractivity contribution is -0.125. The lowest BCUT2D eigenvalue weighted by Crippen LogP contribution is -2.39. The van der Waals surface area contributed by atoms with Gasteiger partial charge in [-0.05, 0) is 26.0 Å². The molecular weight excluding hydrogens is 274 g/mol. The molecule has 0 fully saturated rings. The van der Waals surface area contributed by atoms with Gasteiger partial charge in [0.05, 0.1) is 6.04 Å². The Kier molecular flexibility index (Phi) is 6.94. The number of carbonyl (C=O) groups is 1. The van der Waals surface area contributed by atoms with Crippen molar-refractivity contribution in [3.05, 3.63) is 35.4 Å². The van der Waals surface area contributed by atoms with Crippen molar-refractivity contribution >= 4 is 18.3 Å². The number of nitrogens with one attached hydrogen (secondary N) is 1. The molecule has 0 aliphatic heterocycles. The number of nitrogens with two attached hydrogens (primary N) is 1. The summed E-state index contributed by atoms with van der Waals surface area (Å²) in [7, 11) is 0. The van der Waals surface area contributed by atoms with Crippen molar-refractivity contribution in [1.82, 2.24) is 5.32 Å². The predicted octanol–water partition coefficient (Wildman–Crippen LogP) is 2.55.